The third kappa shape index (κ3) is 6.07. The van der Waals surface area contributed by atoms with Crippen LogP contribution in [0.4, 0.5) is 10.7 Å². The van der Waals surface area contributed by atoms with Gasteiger partial charge in [-0.15, -0.1) is 0 Å². The quantitative estimate of drug-likeness (QED) is 0.843. The predicted molar refractivity (Wildman–Crippen MR) is 108 cm³/mol. The van der Waals surface area contributed by atoms with Gasteiger partial charge in [0.1, 0.15) is 11.4 Å². The second-order valence-electron chi connectivity index (χ2n) is 7.84. The lowest BCUT2D eigenvalue weighted by Crippen LogP contribution is -2.46. The van der Waals surface area contributed by atoms with E-state index in [0.717, 1.165) is 25.9 Å². The van der Waals surface area contributed by atoms with Crippen molar-refractivity contribution in [3.63, 3.8) is 0 Å². The first-order valence-electron chi connectivity index (χ1n) is 9.58. The van der Waals surface area contributed by atoms with E-state index < -0.39 is 5.60 Å². The molecule has 0 saturated carbocycles. The molecule has 1 aliphatic heterocycles. The van der Waals surface area contributed by atoms with Crippen LogP contribution in [-0.4, -0.2) is 40.8 Å². The van der Waals surface area contributed by atoms with Crippen LogP contribution < -0.4 is 15.0 Å². The SMILES string of the molecule is CC(C)(C)OC(=O)NC1CCN(c2nccc(Oc3ccc(C#N)cc3)n2)CC1. The fourth-order valence-corrected chi connectivity index (χ4v) is 2.96. The highest BCUT2D eigenvalue weighted by Gasteiger charge is 2.24. The number of ether oxygens (including phenoxy) is 2. The van der Waals surface area contributed by atoms with E-state index in [1.165, 1.54) is 0 Å². The van der Waals surface area contributed by atoms with Crippen LogP contribution in [0.15, 0.2) is 36.5 Å². The Hall–Kier alpha value is -3.34. The summed E-state index contributed by atoms with van der Waals surface area (Å²) in [7, 11) is 0. The summed E-state index contributed by atoms with van der Waals surface area (Å²) >= 11 is 0. The minimum absolute atomic E-state index is 0.0687. The lowest BCUT2D eigenvalue weighted by molar-refractivity contribution is 0.0497. The first kappa shape index (κ1) is 20.4. The Morgan fingerprint density at radius 1 is 1.21 bits per heavy atom. The number of nitrogens with zero attached hydrogens (tertiary/aromatic N) is 4. The largest absolute Gasteiger partial charge is 0.444 e. The fourth-order valence-electron chi connectivity index (χ4n) is 2.96. The van der Waals surface area contributed by atoms with Crippen molar-refractivity contribution in [3.05, 3.63) is 42.1 Å². The molecule has 1 amide bonds. The summed E-state index contributed by atoms with van der Waals surface area (Å²) in [6.45, 7) is 6.99. The zero-order chi connectivity index (χ0) is 20.9. The van der Waals surface area contributed by atoms with Gasteiger partial charge < -0.3 is 19.7 Å². The molecule has 1 aliphatic rings. The van der Waals surface area contributed by atoms with Crippen LogP contribution in [0, 0.1) is 11.3 Å². The van der Waals surface area contributed by atoms with E-state index >= 15 is 0 Å². The van der Waals surface area contributed by atoms with Gasteiger partial charge in [-0.2, -0.15) is 10.2 Å². The first-order valence-corrected chi connectivity index (χ1v) is 9.58. The Bertz CT molecular complexity index is 878. The van der Waals surface area contributed by atoms with Crippen molar-refractivity contribution in [3.8, 4) is 17.7 Å². The topological polar surface area (TPSA) is 100 Å². The molecule has 2 heterocycles. The van der Waals surface area contributed by atoms with Gasteiger partial charge in [0, 0.05) is 31.4 Å². The number of anilines is 1. The van der Waals surface area contributed by atoms with Crippen LogP contribution in [-0.2, 0) is 4.74 Å². The number of hydrogen-bond donors (Lipinski definition) is 1. The number of hydrogen-bond acceptors (Lipinski definition) is 7. The smallest absolute Gasteiger partial charge is 0.407 e. The number of alkyl carbamates (subject to hydrolysis) is 1. The summed E-state index contributed by atoms with van der Waals surface area (Å²) in [5, 5.41) is 11.8. The number of aromatic nitrogens is 2. The van der Waals surface area contributed by atoms with E-state index in [4.69, 9.17) is 14.7 Å². The molecule has 1 aromatic carbocycles. The van der Waals surface area contributed by atoms with E-state index in [1.54, 1.807) is 36.5 Å². The predicted octanol–water partition coefficient (Wildman–Crippen LogP) is 3.63. The van der Waals surface area contributed by atoms with E-state index in [2.05, 4.69) is 26.3 Å². The van der Waals surface area contributed by atoms with Gasteiger partial charge in [0.05, 0.1) is 11.6 Å². The number of nitrogens with one attached hydrogen (secondary N) is 1. The number of rotatable bonds is 4. The Kier molecular flexibility index (Phi) is 6.17. The molecule has 0 aliphatic carbocycles. The monoisotopic (exact) mass is 395 g/mol. The minimum atomic E-state index is -0.506. The van der Waals surface area contributed by atoms with Crippen molar-refractivity contribution in [2.24, 2.45) is 0 Å². The molecule has 0 unspecified atom stereocenters. The average Bonchev–Trinajstić information content (AvgIpc) is 2.68. The summed E-state index contributed by atoms with van der Waals surface area (Å²) in [4.78, 5) is 22.8. The Balaban J connectivity index is 1.55. The molecule has 1 aromatic heterocycles. The molecule has 1 saturated heterocycles. The maximum absolute atomic E-state index is 11.9. The number of carbonyl (C=O) groups excluding carboxylic acids is 1. The minimum Gasteiger partial charge on any atom is -0.444 e. The van der Waals surface area contributed by atoms with Gasteiger partial charge >= 0.3 is 6.09 Å². The highest BCUT2D eigenvalue weighted by Crippen LogP contribution is 2.23. The molecule has 8 heteroatoms. The van der Waals surface area contributed by atoms with Crippen LogP contribution >= 0.6 is 0 Å². The maximum Gasteiger partial charge on any atom is 0.407 e. The highest BCUT2D eigenvalue weighted by atomic mass is 16.6. The van der Waals surface area contributed by atoms with E-state index in [1.807, 2.05) is 20.8 Å². The van der Waals surface area contributed by atoms with Crippen LogP contribution in [0.25, 0.3) is 0 Å². The maximum atomic E-state index is 11.9. The lowest BCUT2D eigenvalue weighted by atomic mass is 10.1. The Morgan fingerprint density at radius 3 is 2.52 bits per heavy atom. The first-order chi connectivity index (χ1) is 13.8. The summed E-state index contributed by atoms with van der Waals surface area (Å²) in [6.07, 6.45) is 2.84. The second-order valence-corrected chi connectivity index (χ2v) is 7.84. The molecule has 0 bridgehead atoms. The number of carbonyl (C=O) groups is 1. The highest BCUT2D eigenvalue weighted by molar-refractivity contribution is 5.68. The molecule has 3 rings (SSSR count). The number of amides is 1. The molecule has 1 N–H and O–H groups in total. The molecule has 29 heavy (non-hydrogen) atoms. The van der Waals surface area contributed by atoms with E-state index in [9.17, 15) is 4.79 Å². The summed E-state index contributed by atoms with van der Waals surface area (Å²) in [5.41, 5.74) is 0.0668. The number of benzene rings is 1. The van der Waals surface area contributed by atoms with Gasteiger partial charge in [-0.3, -0.25) is 0 Å². The van der Waals surface area contributed by atoms with Gasteiger partial charge in [0.15, 0.2) is 0 Å². The van der Waals surface area contributed by atoms with E-state index in [0.29, 0.717) is 23.1 Å². The molecule has 8 nitrogen and oxygen atoms in total. The van der Waals surface area contributed by atoms with Crippen molar-refractivity contribution < 1.29 is 14.3 Å². The molecule has 0 radical (unpaired) electrons. The molecule has 1 fully saturated rings. The molecule has 0 spiro atoms. The lowest BCUT2D eigenvalue weighted by Gasteiger charge is -2.32. The normalized spacial score (nSPS) is 14.8. The van der Waals surface area contributed by atoms with Crippen molar-refractivity contribution in [1.29, 1.82) is 5.26 Å². The molecule has 152 valence electrons. The van der Waals surface area contributed by atoms with Gasteiger partial charge in [0.2, 0.25) is 11.8 Å². The second kappa shape index (κ2) is 8.78. The summed E-state index contributed by atoms with van der Waals surface area (Å²) in [6, 6.07) is 10.7. The molecule has 0 atom stereocenters. The standard InChI is InChI=1S/C21H25N5O3/c1-21(2,3)29-20(27)24-16-9-12-26(13-10-16)19-23-11-8-18(25-19)28-17-6-4-15(14-22)5-7-17/h4-8,11,16H,9-10,12-13H2,1-3H3,(H,24,27). The number of piperidine rings is 1. The van der Waals surface area contributed by atoms with Crippen LogP contribution in [0.5, 0.6) is 11.6 Å². The van der Waals surface area contributed by atoms with Crippen molar-refractivity contribution >= 4 is 12.0 Å². The van der Waals surface area contributed by atoms with Gasteiger partial charge in [-0.1, -0.05) is 0 Å². The third-order valence-electron chi connectivity index (χ3n) is 4.32. The van der Waals surface area contributed by atoms with Gasteiger partial charge in [0.25, 0.3) is 0 Å². The molecular formula is C21H25N5O3. The van der Waals surface area contributed by atoms with E-state index in [-0.39, 0.29) is 12.1 Å². The molecule has 2 aromatic rings. The average molecular weight is 395 g/mol. The van der Waals surface area contributed by atoms with Gasteiger partial charge in [-0.05, 0) is 57.9 Å². The van der Waals surface area contributed by atoms with Crippen molar-refractivity contribution in [1.82, 2.24) is 15.3 Å². The zero-order valence-electron chi connectivity index (χ0n) is 16.9. The fraction of sp³-hybridized carbons (Fsp3) is 0.429. The Labute approximate surface area is 170 Å². The van der Waals surface area contributed by atoms with Crippen LogP contribution in [0.1, 0.15) is 39.2 Å². The zero-order valence-corrected chi connectivity index (χ0v) is 16.9. The number of nitriles is 1. The van der Waals surface area contributed by atoms with Crippen molar-refractivity contribution in [2.75, 3.05) is 18.0 Å². The third-order valence-corrected chi connectivity index (χ3v) is 4.32. The molecular weight excluding hydrogens is 370 g/mol. The van der Waals surface area contributed by atoms with Crippen molar-refractivity contribution in [2.45, 2.75) is 45.3 Å². The summed E-state index contributed by atoms with van der Waals surface area (Å²) in [5.74, 6) is 1.63. The summed E-state index contributed by atoms with van der Waals surface area (Å²) < 4.78 is 11.1. The Morgan fingerprint density at radius 2 is 1.90 bits per heavy atom. The van der Waals surface area contributed by atoms with Crippen LogP contribution in [0.3, 0.4) is 0 Å². The van der Waals surface area contributed by atoms with Gasteiger partial charge in [-0.25, -0.2) is 9.78 Å². The van der Waals surface area contributed by atoms with Crippen LogP contribution in [0.2, 0.25) is 0 Å².